The maximum atomic E-state index is 13.4. The molecule has 0 spiro atoms. The highest BCUT2D eigenvalue weighted by Gasteiger charge is 2.39. The summed E-state index contributed by atoms with van der Waals surface area (Å²) in [4.78, 5) is 0. The van der Waals surface area contributed by atoms with Crippen molar-refractivity contribution in [3.8, 4) is 0 Å². The number of alkyl halides is 3. The molecule has 1 fully saturated rings. The number of fused-ring (bicyclic) bond motifs is 1. The van der Waals surface area contributed by atoms with Crippen molar-refractivity contribution in [1.82, 2.24) is 9.78 Å². The number of aromatic nitrogens is 2. The molecule has 3 rings (SSSR count). The largest absolute Gasteiger partial charge is 0.433 e. The minimum absolute atomic E-state index is 0.176. The van der Waals surface area contributed by atoms with Crippen molar-refractivity contribution in [1.29, 1.82) is 0 Å². The normalized spacial score (nSPS) is 17.8. The molecule has 2 aromatic rings. The van der Waals surface area contributed by atoms with E-state index in [4.69, 9.17) is 4.74 Å². The van der Waals surface area contributed by atoms with Gasteiger partial charge in [0.15, 0.2) is 5.69 Å². The standard InChI is InChI=1S/C14H15F3N2O/c1-9-2-3-11-12(8-9)18-19(13(11)14(15,16)17)10-4-6-20-7-5-10/h2-3,8,10H,4-7H2,1H3. The third-order valence-electron chi connectivity index (χ3n) is 3.66. The molecule has 108 valence electrons. The van der Waals surface area contributed by atoms with Crippen LogP contribution in [0.3, 0.4) is 0 Å². The van der Waals surface area contributed by atoms with E-state index >= 15 is 0 Å². The fourth-order valence-electron chi connectivity index (χ4n) is 2.69. The Labute approximate surface area is 114 Å². The van der Waals surface area contributed by atoms with E-state index in [1.807, 2.05) is 6.92 Å². The number of ether oxygens (including phenoxy) is 1. The Morgan fingerprint density at radius 1 is 1.25 bits per heavy atom. The Hall–Kier alpha value is -1.56. The summed E-state index contributed by atoms with van der Waals surface area (Å²) in [5.41, 5.74) is 0.672. The van der Waals surface area contributed by atoms with E-state index < -0.39 is 11.9 Å². The lowest BCUT2D eigenvalue weighted by Gasteiger charge is -2.24. The summed E-state index contributed by atoms with van der Waals surface area (Å²) >= 11 is 0. The average Bonchev–Trinajstić information content (AvgIpc) is 2.78. The Bertz CT molecular complexity index is 627. The van der Waals surface area contributed by atoms with Crippen molar-refractivity contribution >= 4 is 10.9 Å². The number of halogens is 3. The van der Waals surface area contributed by atoms with Gasteiger partial charge in [0.25, 0.3) is 0 Å². The number of nitrogens with zero attached hydrogens (tertiary/aromatic N) is 2. The topological polar surface area (TPSA) is 27.1 Å². The summed E-state index contributed by atoms with van der Waals surface area (Å²) in [5.74, 6) is 0. The molecule has 1 aromatic carbocycles. The van der Waals surface area contributed by atoms with Crippen LogP contribution in [0.15, 0.2) is 18.2 Å². The third kappa shape index (κ3) is 2.28. The van der Waals surface area contributed by atoms with Gasteiger partial charge in [-0.15, -0.1) is 0 Å². The van der Waals surface area contributed by atoms with Crippen molar-refractivity contribution in [3.63, 3.8) is 0 Å². The lowest BCUT2D eigenvalue weighted by atomic mass is 10.1. The molecule has 0 unspecified atom stereocenters. The molecule has 0 saturated carbocycles. The molecule has 0 bridgehead atoms. The summed E-state index contributed by atoms with van der Waals surface area (Å²) in [7, 11) is 0. The lowest BCUT2D eigenvalue weighted by Crippen LogP contribution is -2.25. The van der Waals surface area contributed by atoms with Crippen LogP contribution in [0.1, 0.15) is 30.1 Å². The van der Waals surface area contributed by atoms with Gasteiger partial charge >= 0.3 is 6.18 Å². The zero-order valence-electron chi connectivity index (χ0n) is 11.1. The molecule has 0 atom stereocenters. The van der Waals surface area contributed by atoms with Gasteiger partial charge in [-0.2, -0.15) is 18.3 Å². The minimum atomic E-state index is -4.40. The van der Waals surface area contributed by atoms with Gasteiger partial charge in [-0.3, -0.25) is 4.68 Å². The summed E-state index contributed by atoms with van der Waals surface area (Å²) in [6, 6.07) is 4.65. The quantitative estimate of drug-likeness (QED) is 0.798. The Morgan fingerprint density at radius 3 is 2.60 bits per heavy atom. The summed E-state index contributed by atoms with van der Waals surface area (Å²) in [6.45, 7) is 2.81. The third-order valence-corrected chi connectivity index (χ3v) is 3.66. The molecular formula is C14H15F3N2O. The molecule has 1 aliphatic rings. The van der Waals surface area contributed by atoms with Crippen LogP contribution >= 0.6 is 0 Å². The number of hydrogen-bond donors (Lipinski definition) is 0. The van der Waals surface area contributed by atoms with E-state index in [2.05, 4.69) is 5.10 Å². The van der Waals surface area contributed by atoms with Gasteiger partial charge in [-0.1, -0.05) is 12.1 Å². The first kappa shape index (κ1) is 13.4. The van der Waals surface area contributed by atoms with Crippen molar-refractivity contribution in [3.05, 3.63) is 29.5 Å². The first-order valence-electron chi connectivity index (χ1n) is 6.60. The summed E-state index contributed by atoms with van der Waals surface area (Å²) in [6.07, 6.45) is -3.27. The Morgan fingerprint density at radius 2 is 1.95 bits per heavy atom. The van der Waals surface area contributed by atoms with Crippen LogP contribution in [0.5, 0.6) is 0 Å². The van der Waals surface area contributed by atoms with E-state index in [0.29, 0.717) is 31.6 Å². The van der Waals surface area contributed by atoms with Crippen molar-refractivity contribution in [2.45, 2.75) is 32.0 Å². The van der Waals surface area contributed by atoms with E-state index in [1.165, 1.54) is 6.07 Å². The van der Waals surface area contributed by atoms with Crippen LogP contribution in [0, 0.1) is 6.92 Å². The molecule has 1 saturated heterocycles. The molecule has 1 aromatic heterocycles. The Balaban J connectivity index is 2.18. The van der Waals surface area contributed by atoms with Crippen LogP contribution in [0.4, 0.5) is 13.2 Å². The van der Waals surface area contributed by atoms with Crippen LogP contribution in [0.2, 0.25) is 0 Å². The van der Waals surface area contributed by atoms with Gasteiger partial charge in [-0.05, 0) is 31.4 Å². The summed E-state index contributed by atoms with van der Waals surface area (Å²) < 4.78 is 46.5. The first-order valence-corrected chi connectivity index (χ1v) is 6.60. The molecule has 2 heterocycles. The number of aryl methyl sites for hydroxylation is 1. The highest BCUT2D eigenvalue weighted by molar-refractivity contribution is 5.82. The van der Waals surface area contributed by atoms with E-state index in [9.17, 15) is 13.2 Å². The van der Waals surface area contributed by atoms with Crippen LogP contribution in [0.25, 0.3) is 10.9 Å². The number of hydrogen-bond acceptors (Lipinski definition) is 2. The highest BCUT2D eigenvalue weighted by Crippen LogP contribution is 2.38. The fourth-order valence-corrected chi connectivity index (χ4v) is 2.69. The van der Waals surface area contributed by atoms with Gasteiger partial charge in [0, 0.05) is 18.6 Å². The van der Waals surface area contributed by atoms with E-state index in [-0.39, 0.29) is 11.4 Å². The monoisotopic (exact) mass is 284 g/mol. The van der Waals surface area contributed by atoms with Gasteiger partial charge in [0.2, 0.25) is 0 Å². The molecule has 1 aliphatic heterocycles. The molecule has 20 heavy (non-hydrogen) atoms. The zero-order chi connectivity index (χ0) is 14.3. The second kappa shape index (κ2) is 4.77. The van der Waals surface area contributed by atoms with Crippen molar-refractivity contribution in [2.24, 2.45) is 0 Å². The predicted octanol–water partition coefficient (Wildman–Crippen LogP) is 3.72. The molecule has 0 radical (unpaired) electrons. The van der Waals surface area contributed by atoms with Gasteiger partial charge in [-0.25, -0.2) is 0 Å². The van der Waals surface area contributed by atoms with Gasteiger partial charge in [0.1, 0.15) is 0 Å². The molecule has 3 nitrogen and oxygen atoms in total. The maximum absolute atomic E-state index is 13.4. The number of rotatable bonds is 1. The predicted molar refractivity (Wildman–Crippen MR) is 68.6 cm³/mol. The van der Waals surface area contributed by atoms with Gasteiger partial charge in [0.05, 0.1) is 11.6 Å². The van der Waals surface area contributed by atoms with Crippen LogP contribution < -0.4 is 0 Å². The van der Waals surface area contributed by atoms with Crippen molar-refractivity contribution in [2.75, 3.05) is 13.2 Å². The molecule has 0 amide bonds. The van der Waals surface area contributed by atoms with Crippen molar-refractivity contribution < 1.29 is 17.9 Å². The van der Waals surface area contributed by atoms with E-state index in [0.717, 1.165) is 10.2 Å². The van der Waals surface area contributed by atoms with Gasteiger partial charge < -0.3 is 4.74 Å². The Kier molecular flexibility index (Phi) is 3.20. The highest BCUT2D eigenvalue weighted by atomic mass is 19.4. The number of benzene rings is 1. The second-order valence-electron chi connectivity index (χ2n) is 5.16. The minimum Gasteiger partial charge on any atom is -0.381 e. The van der Waals surface area contributed by atoms with Crippen LogP contribution in [-0.4, -0.2) is 23.0 Å². The zero-order valence-corrected chi connectivity index (χ0v) is 11.1. The molecular weight excluding hydrogens is 269 g/mol. The second-order valence-corrected chi connectivity index (χ2v) is 5.16. The molecule has 0 aliphatic carbocycles. The maximum Gasteiger partial charge on any atom is 0.433 e. The summed E-state index contributed by atoms with van der Waals surface area (Å²) in [5, 5.41) is 4.38. The van der Waals surface area contributed by atoms with E-state index in [1.54, 1.807) is 12.1 Å². The smallest absolute Gasteiger partial charge is 0.381 e. The lowest BCUT2D eigenvalue weighted by molar-refractivity contribution is -0.144. The van der Waals surface area contributed by atoms with Crippen LogP contribution in [-0.2, 0) is 10.9 Å². The SMILES string of the molecule is Cc1ccc2c(C(F)(F)F)n(C3CCOCC3)nc2c1. The molecule has 6 heteroatoms. The first-order chi connectivity index (χ1) is 9.47. The molecule has 0 N–H and O–H groups in total. The fraction of sp³-hybridized carbons (Fsp3) is 0.500. The average molecular weight is 284 g/mol.